The van der Waals surface area contributed by atoms with Crippen molar-refractivity contribution in [2.75, 3.05) is 80.0 Å². The minimum atomic E-state index is 0. The van der Waals surface area contributed by atoms with Gasteiger partial charge in [0.05, 0.1) is 0 Å². The molecule has 0 aromatic carbocycles. The van der Waals surface area contributed by atoms with Crippen LogP contribution in [0.5, 0.6) is 0 Å². The molecular formula is C30H72N6. The molecule has 0 radical (unpaired) electrons. The average Bonchev–Trinajstić information content (AvgIpc) is 2.68. The number of nitrogens with zero attached hydrogens (tertiary/aromatic N) is 6. The van der Waals surface area contributed by atoms with Crippen molar-refractivity contribution < 1.29 is 0 Å². The molecular weight excluding hydrogens is 444 g/mol. The topological polar surface area (TPSA) is 19.4 Å². The molecule has 0 aliphatic carbocycles. The highest BCUT2D eigenvalue weighted by molar-refractivity contribution is 4.85. The number of piperazine rings is 3. The molecule has 3 heterocycles. The van der Waals surface area contributed by atoms with Gasteiger partial charge in [0.2, 0.25) is 0 Å². The van der Waals surface area contributed by atoms with Gasteiger partial charge in [0.25, 0.3) is 0 Å². The molecule has 0 spiro atoms. The molecule has 0 aromatic heterocycles. The maximum atomic E-state index is 2.61. The normalized spacial score (nSPS) is 27.2. The monoisotopic (exact) mass is 517 g/mol. The van der Waals surface area contributed by atoms with Gasteiger partial charge in [0, 0.05) is 95.2 Å². The fourth-order valence-corrected chi connectivity index (χ4v) is 5.88. The van der Waals surface area contributed by atoms with Gasteiger partial charge in [0.15, 0.2) is 0 Å². The van der Waals surface area contributed by atoms with E-state index in [1.54, 1.807) is 0 Å². The van der Waals surface area contributed by atoms with E-state index in [-0.39, 0.29) is 22.3 Å². The molecule has 3 aliphatic heterocycles. The summed E-state index contributed by atoms with van der Waals surface area (Å²) in [6.07, 6.45) is 0. The highest BCUT2D eigenvalue weighted by atomic mass is 15.3. The predicted octanol–water partition coefficient (Wildman–Crippen LogP) is 5.00. The molecule has 3 fully saturated rings. The third-order valence-corrected chi connectivity index (χ3v) is 7.58. The van der Waals surface area contributed by atoms with Gasteiger partial charge in [-0.25, -0.2) is 0 Å². The van der Waals surface area contributed by atoms with E-state index in [1.165, 1.54) is 58.9 Å². The van der Waals surface area contributed by atoms with E-state index in [1.807, 2.05) is 0 Å². The molecule has 0 aromatic rings. The van der Waals surface area contributed by atoms with E-state index in [0.717, 1.165) is 12.1 Å². The predicted molar refractivity (Wildman–Crippen MR) is 167 cm³/mol. The summed E-state index contributed by atoms with van der Waals surface area (Å²) < 4.78 is 0. The molecule has 0 amide bonds. The lowest BCUT2D eigenvalue weighted by molar-refractivity contribution is 0.0280. The Labute approximate surface area is 230 Å². The second kappa shape index (κ2) is 19.8. The molecule has 36 heavy (non-hydrogen) atoms. The van der Waals surface area contributed by atoms with Crippen LogP contribution in [-0.2, 0) is 0 Å². The van der Waals surface area contributed by atoms with Crippen LogP contribution < -0.4 is 0 Å². The lowest BCUT2D eigenvalue weighted by Gasteiger charge is -2.45. The molecule has 0 saturated carbocycles. The van der Waals surface area contributed by atoms with Crippen LogP contribution in [0.1, 0.15) is 84.6 Å². The molecule has 0 bridgehead atoms. The molecule has 3 unspecified atom stereocenters. The average molecular weight is 517 g/mol. The number of likely N-dealkylation sites (N-methyl/N-ethyl adjacent to an activating group) is 3. The highest BCUT2D eigenvalue weighted by Gasteiger charge is 2.29. The van der Waals surface area contributed by atoms with Crippen LogP contribution in [0.3, 0.4) is 0 Å². The zero-order valence-corrected chi connectivity index (χ0v) is 24.5. The summed E-state index contributed by atoms with van der Waals surface area (Å²) in [7, 11) is 6.61. The Bertz CT molecular complexity index is 492. The van der Waals surface area contributed by atoms with Crippen molar-refractivity contribution in [3.8, 4) is 0 Å². The molecule has 3 atom stereocenters. The van der Waals surface area contributed by atoms with Crippen molar-refractivity contribution in [1.82, 2.24) is 29.4 Å². The van der Waals surface area contributed by atoms with Crippen molar-refractivity contribution in [1.29, 1.82) is 0 Å². The second-order valence-electron chi connectivity index (χ2n) is 11.8. The summed E-state index contributed by atoms with van der Waals surface area (Å²) in [6.45, 7) is 31.7. The Morgan fingerprint density at radius 1 is 0.472 bits per heavy atom. The summed E-state index contributed by atoms with van der Waals surface area (Å²) >= 11 is 0. The lowest BCUT2D eigenvalue weighted by Crippen LogP contribution is -2.57. The Morgan fingerprint density at radius 2 is 0.889 bits per heavy atom. The molecule has 3 rings (SSSR count). The summed E-state index contributed by atoms with van der Waals surface area (Å²) in [5.41, 5.74) is 0. The van der Waals surface area contributed by atoms with Crippen molar-refractivity contribution in [3.05, 3.63) is 0 Å². The first-order chi connectivity index (χ1) is 15.3. The minimum Gasteiger partial charge on any atom is -0.304 e. The van der Waals surface area contributed by atoms with E-state index in [4.69, 9.17) is 0 Å². The largest absolute Gasteiger partial charge is 0.304 e. The van der Waals surface area contributed by atoms with Gasteiger partial charge in [-0.1, -0.05) is 22.3 Å². The smallest absolute Gasteiger partial charge is 0.0200 e. The van der Waals surface area contributed by atoms with Gasteiger partial charge in [-0.2, -0.15) is 0 Å². The van der Waals surface area contributed by atoms with Crippen LogP contribution >= 0.6 is 0 Å². The third-order valence-electron chi connectivity index (χ3n) is 7.58. The van der Waals surface area contributed by atoms with E-state index in [0.29, 0.717) is 24.2 Å². The van der Waals surface area contributed by atoms with Crippen LogP contribution in [0.2, 0.25) is 0 Å². The van der Waals surface area contributed by atoms with Crippen LogP contribution in [0.4, 0.5) is 0 Å². The lowest BCUT2D eigenvalue weighted by atomic mass is 10.1. The van der Waals surface area contributed by atoms with Gasteiger partial charge < -0.3 is 14.7 Å². The Morgan fingerprint density at radius 3 is 1.25 bits per heavy atom. The molecule has 6 heteroatoms. The van der Waals surface area contributed by atoms with E-state index in [9.17, 15) is 0 Å². The van der Waals surface area contributed by atoms with Crippen molar-refractivity contribution in [3.63, 3.8) is 0 Å². The standard InChI is InChI=1S/C10H22N2.C9H20N2.C8H18N2.3CH4/c1-8(2)12-9(3)6-11(5)7-10(12)4;1-8(2)11-6-5-10(4)7-9(11)3;1-8(2)10-6-4-9(3)5-7-10;;;/h8-10H,6-7H2,1-5H3;8-9H,5-7H2,1-4H3;8H,4-7H2,1-3H3;3*1H4. The SMILES string of the molecule is C.C.C.CC(C)N1C(C)CN(C)CC1C.CC(C)N1CCN(C)CC1.CC(C)N1CCN(C)CC1C. The third kappa shape index (κ3) is 14.1. The van der Waals surface area contributed by atoms with Gasteiger partial charge in [0.1, 0.15) is 0 Å². The van der Waals surface area contributed by atoms with Crippen LogP contribution in [0.15, 0.2) is 0 Å². The second-order valence-corrected chi connectivity index (χ2v) is 11.8. The fourth-order valence-electron chi connectivity index (χ4n) is 5.88. The first-order valence-electron chi connectivity index (χ1n) is 13.7. The molecule has 6 nitrogen and oxygen atoms in total. The summed E-state index contributed by atoms with van der Waals surface area (Å²) in [6, 6.07) is 4.27. The molecule has 222 valence electrons. The first-order valence-corrected chi connectivity index (χ1v) is 13.7. The zero-order valence-electron chi connectivity index (χ0n) is 24.5. The van der Waals surface area contributed by atoms with Gasteiger partial charge >= 0.3 is 0 Å². The summed E-state index contributed by atoms with van der Waals surface area (Å²) in [5.74, 6) is 0. The van der Waals surface area contributed by atoms with Gasteiger partial charge in [-0.05, 0) is 83.5 Å². The summed E-state index contributed by atoms with van der Waals surface area (Å²) in [5, 5.41) is 0. The Kier molecular flexibility index (Phi) is 22.1. The van der Waals surface area contributed by atoms with Gasteiger partial charge in [-0.15, -0.1) is 0 Å². The highest BCUT2D eigenvalue weighted by Crippen LogP contribution is 2.17. The van der Waals surface area contributed by atoms with Crippen molar-refractivity contribution >= 4 is 0 Å². The molecule has 3 saturated heterocycles. The fraction of sp³-hybridized carbons (Fsp3) is 1.00. The Hall–Kier alpha value is -0.240. The maximum Gasteiger partial charge on any atom is 0.0200 e. The Balaban J connectivity index is -0.000000437. The van der Waals surface area contributed by atoms with Crippen LogP contribution in [0.25, 0.3) is 0 Å². The van der Waals surface area contributed by atoms with Crippen LogP contribution in [0, 0.1) is 0 Å². The van der Waals surface area contributed by atoms with Crippen LogP contribution in [-0.4, -0.2) is 146 Å². The number of hydrogen-bond donors (Lipinski definition) is 0. The van der Waals surface area contributed by atoms with E-state index >= 15 is 0 Å². The molecule has 0 N–H and O–H groups in total. The van der Waals surface area contributed by atoms with E-state index < -0.39 is 0 Å². The maximum absolute atomic E-state index is 2.61. The van der Waals surface area contributed by atoms with E-state index in [2.05, 4.69) is 113 Å². The van der Waals surface area contributed by atoms with Crippen molar-refractivity contribution in [2.45, 2.75) is 121 Å². The quantitative estimate of drug-likeness (QED) is 0.522. The first kappa shape index (κ1) is 40.3. The minimum absolute atomic E-state index is 0. The van der Waals surface area contributed by atoms with Gasteiger partial charge in [-0.3, -0.25) is 14.7 Å². The zero-order chi connectivity index (χ0) is 25.3. The summed E-state index contributed by atoms with van der Waals surface area (Å²) in [4.78, 5) is 14.9. The van der Waals surface area contributed by atoms with Crippen molar-refractivity contribution in [2.24, 2.45) is 0 Å². The number of rotatable bonds is 3. The molecule has 3 aliphatic rings. The number of hydrogen-bond acceptors (Lipinski definition) is 6.